The van der Waals surface area contributed by atoms with E-state index in [4.69, 9.17) is 18.8 Å². The van der Waals surface area contributed by atoms with E-state index >= 15 is 0 Å². The van der Waals surface area contributed by atoms with Gasteiger partial charge < -0.3 is 13.7 Å². The number of para-hydroxylation sites is 1. The minimum absolute atomic E-state index is 0.232. The molecule has 0 radical (unpaired) electrons. The van der Waals surface area contributed by atoms with Crippen LogP contribution in [-0.2, 0) is 0 Å². The van der Waals surface area contributed by atoms with E-state index in [1.54, 1.807) is 0 Å². The number of rotatable bonds is 4. The van der Waals surface area contributed by atoms with Crippen LogP contribution in [0.5, 0.6) is 0 Å². The molecule has 214 valence electrons. The van der Waals surface area contributed by atoms with Crippen LogP contribution in [-0.4, -0.2) is 23.6 Å². The molecule has 1 atom stereocenters. The average molecular weight is 582 g/mol. The fraction of sp³-hybridized carbons (Fsp3) is 0.0500. The lowest BCUT2D eigenvalue weighted by atomic mass is 9.97. The SMILES string of the molecule is CN1C(c2ccccc2)=NC(c2cccc3oc4ccc(-c5cccc6oc7ccccc7c56)cc4c23)=NC1c1ccccc1. The van der Waals surface area contributed by atoms with Crippen molar-refractivity contribution < 1.29 is 8.83 Å². The maximum Gasteiger partial charge on any atom is 0.160 e. The van der Waals surface area contributed by atoms with Crippen LogP contribution in [0, 0.1) is 0 Å². The minimum Gasteiger partial charge on any atom is -0.456 e. The molecule has 0 aliphatic carbocycles. The highest BCUT2D eigenvalue weighted by Crippen LogP contribution is 2.40. The molecular formula is C40H27N3O2. The summed E-state index contributed by atoms with van der Waals surface area (Å²) < 4.78 is 12.6. The fourth-order valence-corrected chi connectivity index (χ4v) is 6.63. The Morgan fingerprint density at radius 3 is 1.93 bits per heavy atom. The fourth-order valence-electron chi connectivity index (χ4n) is 6.63. The summed E-state index contributed by atoms with van der Waals surface area (Å²) in [5, 5.41) is 4.25. The molecule has 0 spiro atoms. The van der Waals surface area contributed by atoms with Crippen LogP contribution in [0.25, 0.3) is 55.0 Å². The van der Waals surface area contributed by atoms with Crippen LogP contribution >= 0.6 is 0 Å². The first kappa shape index (κ1) is 25.5. The largest absolute Gasteiger partial charge is 0.456 e. The lowest BCUT2D eigenvalue weighted by Gasteiger charge is -2.32. The quantitative estimate of drug-likeness (QED) is 0.208. The molecule has 1 unspecified atom stereocenters. The van der Waals surface area contributed by atoms with Crippen LogP contribution in [0.15, 0.2) is 158 Å². The Kier molecular flexibility index (Phi) is 5.72. The third kappa shape index (κ3) is 4.09. The van der Waals surface area contributed by atoms with E-state index in [1.807, 2.05) is 54.6 Å². The van der Waals surface area contributed by atoms with Crippen molar-refractivity contribution >= 4 is 55.5 Å². The Bertz CT molecular complexity index is 2450. The number of furan rings is 2. The maximum absolute atomic E-state index is 6.43. The van der Waals surface area contributed by atoms with Crippen molar-refractivity contribution in [3.63, 3.8) is 0 Å². The lowest BCUT2D eigenvalue weighted by Crippen LogP contribution is -2.35. The first-order valence-electron chi connectivity index (χ1n) is 15.1. The molecule has 1 aliphatic rings. The molecule has 9 rings (SSSR count). The van der Waals surface area contributed by atoms with Crippen molar-refractivity contribution in [2.24, 2.45) is 9.98 Å². The molecule has 2 aromatic heterocycles. The lowest BCUT2D eigenvalue weighted by molar-refractivity contribution is 0.383. The van der Waals surface area contributed by atoms with Crippen LogP contribution in [0.1, 0.15) is 22.9 Å². The number of fused-ring (bicyclic) bond motifs is 6. The normalized spacial score (nSPS) is 15.2. The Morgan fingerprint density at radius 1 is 0.533 bits per heavy atom. The van der Waals surface area contributed by atoms with E-state index in [2.05, 4.69) is 96.9 Å². The van der Waals surface area contributed by atoms with Gasteiger partial charge in [-0.05, 0) is 47.0 Å². The predicted octanol–water partition coefficient (Wildman–Crippen LogP) is 9.99. The first-order chi connectivity index (χ1) is 22.2. The summed E-state index contributed by atoms with van der Waals surface area (Å²) in [6, 6.07) is 47.7. The van der Waals surface area contributed by atoms with Gasteiger partial charge in [-0.2, -0.15) is 0 Å². The van der Waals surface area contributed by atoms with Crippen molar-refractivity contribution in [2.45, 2.75) is 6.17 Å². The number of aliphatic imine (C=N–C) groups is 2. The molecule has 3 heterocycles. The van der Waals surface area contributed by atoms with Gasteiger partial charge >= 0.3 is 0 Å². The molecule has 0 fully saturated rings. The standard InChI is InChI=1S/C40H27N3O2/c1-43-39(25-12-4-2-5-13-25)41-38(42-40(43)26-14-6-3-7-15-26)30-18-11-21-35-37(30)31-24-27(22-23-33(31)45-35)28-17-10-20-34-36(28)29-16-8-9-19-32(29)44-34/h2-24,39H,1H3. The van der Waals surface area contributed by atoms with Gasteiger partial charge in [0.25, 0.3) is 0 Å². The average Bonchev–Trinajstić information content (AvgIpc) is 3.67. The second kappa shape index (κ2) is 10.1. The van der Waals surface area contributed by atoms with Crippen molar-refractivity contribution in [3.05, 3.63) is 156 Å². The summed E-state index contributed by atoms with van der Waals surface area (Å²) in [4.78, 5) is 12.6. The first-order valence-corrected chi connectivity index (χ1v) is 15.1. The topological polar surface area (TPSA) is 54.2 Å². The van der Waals surface area contributed by atoms with Crippen molar-refractivity contribution in [1.29, 1.82) is 0 Å². The zero-order valence-electron chi connectivity index (χ0n) is 24.5. The van der Waals surface area contributed by atoms with Crippen LogP contribution in [0.2, 0.25) is 0 Å². The number of nitrogens with zero attached hydrogens (tertiary/aromatic N) is 3. The van der Waals surface area contributed by atoms with Crippen molar-refractivity contribution in [1.82, 2.24) is 4.90 Å². The molecule has 0 N–H and O–H groups in total. The Morgan fingerprint density at radius 2 is 1.16 bits per heavy atom. The predicted molar refractivity (Wildman–Crippen MR) is 183 cm³/mol. The highest BCUT2D eigenvalue weighted by atomic mass is 16.3. The second-order valence-corrected chi connectivity index (χ2v) is 11.4. The molecule has 0 saturated carbocycles. The molecular weight excluding hydrogens is 554 g/mol. The summed E-state index contributed by atoms with van der Waals surface area (Å²) in [6.45, 7) is 0. The Balaban J connectivity index is 1.27. The molecule has 8 aromatic rings. The molecule has 0 bridgehead atoms. The van der Waals surface area contributed by atoms with Gasteiger partial charge in [-0.15, -0.1) is 0 Å². The molecule has 0 saturated heterocycles. The van der Waals surface area contributed by atoms with Gasteiger partial charge in [0.1, 0.15) is 34.3 Å². The third-order valence-corrected chi connectivity index (χ3v) is 8.74. The summed E-state index contributed by atoms with van der Waals surface area (Å²) in [6.07, 6.45) is -0.232. The minimum atomic E-state index is -0.232. The smallest absolute Gasteiger partial charge is 0.160 e. The number of amidine groups is 2. The second-order valence-electron chi connectivity index (χ2n) is 11.4. The van der Waals surface area contributed by atoms with Crippen LogP contribution in [0.4, 0.5) is 0 Å². The van der Waals surface area contributed by atoms with Gasteiger partial charge in [-0.25, -0.2) is 9.98 Å². The molecule has 5 heteroatoms. The molecule has 6 aromatic carbocycles. The maximum atomic E-state index is 6.43. The number of hydrogen-bond acceptors (Lipinski definition) is 5. The molecule has 5 nitrogen and oxygen atoms in total. The Hall–Kier alpha value is -5.94. The molecule has 45 heavy (non-hydrogen) atoms. The monoisotopic (exact) mass is 581 g/mol. The van der Waals surface area contributed by atoms with Gasteiger partial charge in [0.15, 0.2) is 5.84 Å². The molecule has 1 aliphatic heterocycles. The zero-order chi connectivity index (χ0) is 29.9. The summed E-state index contributed by atoms with van der Waals surface area (Å²) in [5.41, 5.74) is 8.70. The van der Waals surface area contributed by atoms with E-state index in [-0.39, 0.29) is 6.17 Å². The van der Waals surface area contributed by atoms with Crippen molar-refractivity contribution in [3.8, 4) is 11.1 Å². The van der Waals surface area contributed by atoms with Gasteiger partial charge in [0, 0.05) is 39.7 Å². The number of hydrogen-bond donors (Lipinski definition) is 0. The van der Waals surface area contributed by atoms with E-state index in [0.29, 0.717) is 5.84 Å². The van der Waals surface area contributed by atoms with Gasteiger partial charge in [0.05, 0.1) is 0 Å². The summed E-state index contributed by atoms with van der Waals surface area (Å²) in [5.74, 6) is 1.56. The Labute approximate surface area is 259 Å². The summed E-state index contributed by atoms with van der Waals surface area (Å²) in [7, 11) is 2.06. The highest BCUT2D eigenvalue weighted by Gasteiger charge is 2.28. The van der Waals surface area contributed by atoms with Crippen molar-refractivity contribution in [2.75, 3.05) is 7.05 Å². The summed E-state index contributed by atoms with van der Waals surface area (Å²) >= 11 is 0. The van der Waals surface area contributed by atoms with E-state index < -0.39 is 0 Å². The number of benzene rings is 6. The van der Waals surface area contributed by atoms with Crippen LogP contribution < -0.4 is 0 Å². The van der Waals surface area contributed by atoms with E-state index in [1.165, 1.54) is 0 Å². The van der Waals surface area contributed by atoms with Gasteiger partial charge in [-0.1, -0.05) is 109 Å². The van der Waals surface area contributed by atoms with E-state index in [0.717, 1.165) is 77.5 Å². The van der Waals surface area contributed by atoms with Gasteiger partial charge in [0.2, 0.25) is 0 Å². The zero-order valence-corrected chi connectivity index (χ0v) is 24.5. The molecule has 0 amide bonds. The van der Waals surface area contributed by atoms with E-state index in [9.17, 15) is 0 Å². The third-order valence-electron chi connectivity index (χ3n) is 8.74. The van der Waals surface area contributed by atoms with Gasteiger partial charge in [-0.3, -0.25) is 0 Å². The highest BCUT2D eigenvalue weighted by molar-refractivity contribution is 6.22. The van der Waals surface area contributed by atoms with Crippen LogP contribution in [0.3, 0.4) is 0 Å².